The number of ether oxygens (including phenoxy) is 1. The van der Waals surface area contributed by atoms with Gasteiger partial charge in [0.05, 0.1) is 17.7 Å². The molecule has 1 aromatic carbocycles. The van der Waals surface area contributed by atoms with E-state index in [1.165, 1.54) is 4.68 Å². The Morgan fingerprint density at radius 1 is 1.14 bits per heavy atom. The third-order valence-corrected chi connectivity index (χ3v) is 5.30. The lowest BCUT2D eigenvalue weighted by Gasteiger charge is -2.31. The highest BCUT2D eigenvalue weighted by atomic mass is 19.4. The van der Waals surface area contributed by atoms with Crippen LogP contribution in [-0.4, -0.2) is 16.0 Å². The van der Waals surface area contributed by atoms with Crippen LogP contribution in [0.2, 0.25) is 0 Å². The van der Waals surface area contributed by atoms with Crippen molar-refractivity contribution < 1.29 is 26.7 Å². The predicted molar refractivity (Wildman–Crippen MR) is 93.9 cm³/mol. The minimum absolute atomic E-state index is 0.00353. The van der Waals surface area contributed by atoms with Crippen LogP contribution in [0.1, 0.15) is 50.3 Å². The second kappa shape index (κ2) is 8.09. The summed E-state index contributed by atoms with van der Waals surface area (Å²) >= 11 is 0. The molecule has 3 rings (SSSR count). The fourth-order valence-electron chi connectivity index (χ4n) is 3.73. The van der Waals surface area contributed by atoms with Crippen LogP contribution in [-0.2, 0) is 19.6 Å². The van der Waals surface area contributed by atoms with Crippen LogP contribution in [0.15, 0.2) is 24.3 Å². The van der Waals surface area contributed by atoms with Crippen LogP contribution >= 0.6 is 0 Å². The van der Waals surface area contributed by atoms with Gasteiger partial charge in [-0.15, -0.1) is 0 Å². The predicted octanol–water partition coefficient (Wildman–Crippen LogP) is 5.82. The molecule has 1 saturated carbocycles. The number of aromatic nitrogens is 2. The first-order valence-corrected chi connectivity index (χ1v) is 9.44. The quantitative estimate of drug-likeness (QED) is 0.546. The van der Waals surface area contributed by atoms with E-state index in [1.54, 1.807) is 6.07 Å². The molecule has 28 heavy (non-hydrogen) atoms. The number of alkyl halides is 3. The smallest absolute Gasteiger partial charge is 0.396 e. The standard InChI is InChI=1S/C20H23F5N2O/c1-2-5-16-11-18(28-12-14-10-15(21)6-7-17(14)22)27(26-16)13-19(20(23,24)25)8-3-4-9-19/h6-7,10-11H,2-5,8-9,12-13H2,1H3. The van der Waals surface area contributed by atoms with Crippen LogP contribution < -0.4 is 4.74 Å². The number of hydrogen-bond donors (Lipinski definition) is 0. The van der Waals surface area contributed by atoms with Crippen molar-refractivity contribution in [1.29, 1.82) is 0 Å². The van der Waals surface area contributed by atoms with Crippen molar-refractivity contribution in [3.63, 3.8) is 0 Å². The average Bonchev–Trinajstić information content (AvgIpc) is 3.24. The maximum Gasteiger partial charge on any atom is 0.396 e. The van der Waals surface area contributed by atoms with Crippen LogP contribution in [0.3, 0.4) is 0 Å². The molecule has 8 heteroatoms. The molecule has 1 aromatic heterocycles. The van der Waals surface area contributed by atoms with E-state index in [9.17, 15) is 22.0 Å². The minimum atomic E-state index is -4.34. The van der Waals surface area contributed by atoms with Crippen molar-refractivity contribution in [2.24, 2.45) is 5.41 Å². The number of benzene rings is 1. The lowest BCUT2D eigenvalue weighted by Crippen LogP contribution is -2.39. The van der Waals surface area contributed by atoms with Crippen molar-refractivity contribution in [1.82, 2.24) is 9.78 Å². The molecular formula is C20H23F5N2O. The molecule has 154 valence electrons. The molecule has 2 aromatic rings. The largest absolute Gasteiger partial charge is 0.473 e. The molecule has 0 radical (unpaired) electrons. The van der Waals surface area contributed by atoms with E-state index in [4.69, 9.17) is 4.74 Å². The van der Waals surface area contributed by atoms with E-state index in [0.29, 0.717) is 25.0 Å². The number of hydrogen-bond acceptors (Lipinski definition) is 2. The Hall–Kier alpha value is -2.12. The molecule has 0 N–H and O–H groups in total. The van der Waals surface area contributed by atoms with Crippen LogP contribution in [0.25, 0.3) is 0 Å². The summed E-state index contributed by atoms with van der Waals surface area (Å²) in [5.41, 5.74) is -1.21. The molecule has 0 amide bonds. The van der Waals surface area contributed by atoms with Crippen molar-refractivity contribution in [3.8, 4) is 5.88 Å². The van der Waals surface area contributed by atoms with Crippen molar-refractivity contribution in [2.75, 3.05) is 0 Å². The monoisotopic (exact) mass is 402 g/mol. The third-order valence-electron chi connectivity index (χ3n) is 5.30. The summed E-state index contributed by atoms with van der Waals surface area (Å²) < 4.78 is 75.3. The maximum absolute atomic E-state index is 13.8. The fourth-order valence-corrected chi connectivity index (χ4v) is 3.73. The Morgan fingerprint density at radius 2 is 1.86 bits per heavy atom. The molecule has 1 aliphatic carbocycles. The summed E-state index contributed by atoms with van der Waals surface area (Å²) in [7, 11) is 0. The summed E-state index contributed by atoms with van der Waals surface area (Å²) in [6.45, 7) is 1.32. The SMILES string of the molecule is CCCc1cc(OCc2cc(F)ccc2F)n(CC2(C(F)(F)F)CCCC2)n1. The average molecular weight is 402 g/mol. The Balaban J connectivity index is 1.85. The van der Waals surface area contributed by atoms with Gasteiger partial charge in [0.15, 0.2) is 0 Å². The maximum atomic E-state index is 13.8. The molecule has 0 atom stereocenters. The summed E-state index contributed by atoms with van der Waals surface area (Å²) in [6, 6.07) is 4.58. The molecular weight excluding hydrogens is 379 g/mol. The molecule has 0 aliphatic heterocycles. The van der Waals surface area contributed by atoms with E-state index in [1.807, 2.05) is 6.92 Å². The first-order chi connectivity index (χ1) is 13.2. The molecule has 1 aliphatic rings. The molecule has 1 heterocycles. The number of halogens is 5. The fraction of sp³-hybridized carbons (Fsp3) is 0.550. The molecule has 0 bridgehead atoms. The van der Waals surface area contributed by atoms with E-state index in [-0.39, 0.29) is 37.4 Å². The zero-order valence-corrected chi connectivity index (χ0v) is 15.7. The van der Waals surface area contributed by atoms with Gasteiger partial charge in [-0.05, 0) is 37.5 Å². The molecule has 3 nitrogen and oxygen atoms in total. The van der Waals surface area contributed by atoms with Gasteiger partial charge in [0, 0.05) is 11.6 Å². The highest BCUT2D eigenvalue weighted by Crippen LogP contribution is 2.51. The van der Waals surface area contributed by atoms with Gasteiger partial charge >= 0.3 is 6.18 Å². The Labute approximate surface area is 160 Å². The first-order valence-electron chi connectivity index (χ1n) is 9.44. The van der Waals surface area contributed by atoms with Gasteiger partial charge in [0.25, 0.3) is 0 Å². The number of rotatable bonds is 7. The van der Waals surface area contributed by atoms with Gasteiger partial charge in [-0.1, -0.05) is 26.2 Å². The van der Waals surface area contributed by atoms with Gasteiger partial charge in [0.2, 0.25) is 5.88 Å². The Bertz CT molecular complexity index is 809. The molecule has 0 spiro atoms. The topological polar surface area (TPSA) is 27.1 Å². The van der Waals surface area contributed by atoms with Gasteiger partial charge in [-0.25, -0.2) is 13.5 Å². The lowest BCUT2D eigenvalue weighted by atomic mass is 9.85. The number of nitrogens with zero attached hydrogens (tertiary/aromatic N) is 2. The van der Waals surface area contributed by atoms with E-state index in [2.05, 4.69) is 5.10 Å². The van der Waals surface area contributed by atoms with Gasteiger partial charge in [-0.2, -0.15) is 18.3 Å². The second-order valence-corrected chi connectivity index (χ2v) is 7.39. The summed E-state index contributed by atoms with van der Waals surface area (Å²) in [5, 5.41) is 4.30. The summed E-state index contributed by atoms with van der Waals surface area (Å²) in [4.78, 5) is 0. The minimum Gasteiger partial charge on any atom is -0.473 e. The lowest BCUT2D eigenvalue weighted by molar-refractivity contribution is -0.228. The van der Waals surface area contributed by atoms with Crippen molar-refractivity contribution in [2.45, 2.75) is 64.8 Å². The van der Waals surface area contributed by atoms with E-state index >= 15 is 0 Å². The normalized spacial score (nSPS) is 16.5. The highest BCUT2D eigenvalue weighted by molar-refractivity contribution is 5.21. The van der Waals surface area contributed by atoms with E-state index < -0.39 is 23.2 Å². The Morgan fingerprint density at radius 3 is 2.50 bits per heavy atom. The summed E-state index contributed by atoms with van der Waals surface area (Å²) in [5.74, 6) is -1.10. The second-order valence-electron chi connectivity index (χ2n) is 7.39. The van der Waals surface area contributed by atoms with Gasteiger partial charge in [0.1, 0.15) is 18.2 Å². The molecule has 0 unspecified atom stereocenters. The van der Waals surface area contributed by atoms with Crippen molar-refractivity contribution >= 4 is 0 Å². The third kappa shape index (κ3) is 4.31. The first kappa shape index (κ1) is 20.6. The summed E-state index contributed by atoms with van der Waals surface area (Å²) in [6.07, 6.45) is -1.82. The van der Waals surface area contributed by atoms with Gasteiger partial charge < -0.3 is 4.74 Å². The van der Waals surface area contributed by atoms with Gasteiger partial charge in [-0.3, -0.25) is 0 Å². The zero-order chi connectivity index (χ0) is 20.4. The van der Waals surface area contributed by atoms with Crippen LogP contribution in [0.5, 0.6) is 5.88 Å². The molecule has 0 saturated heterocycles. The van der Waals surface area contributed by atoms with E-state index in [0.717, 1.165) is 24.6 Å². The van der Waals surface area contributed by atoms with Crippen LogP contribution in [0.4, 0.5) is 22.0 Å². The van der Waals surface area contributed by atoms with Crippen LogP contribution in [0, 0.1) is 17.0 Å². The van der Waals surface area contributed by atoms with Crippen molar-refractivity contribution in [3.05, 3.63) is 47.2 Å². The highest BCUT2D eigenvalue weighted by Gasteiger charge is 2.56. The zero-order valence-electron chi connectivity index (χ0n) is 15.7. The Kier molecular flexibility index (Phi) is 5.95. The molecule has 1 fully saturated rings. The number of aryl methyl sites for hydroxylation is 1.